The summed E-state index contributed by atoms with van der Waals surface area (Å²) in [5.41, 5.74) is 0.680. The number of hydrogen-bond donors (Lipinski definition) is 1. The SMILES string of the molecule is O=C(O)CN(C(=O)c1ccc(S(=O)(=O)N2CCCC2)cc1)c1ccccc1. The zero-order valence-electron chi connectivity index (χ0n) is 14.6. The summed E-state index contributed by atoms with van der Waals surface area (Å²) in [6.07, 6.45) is 1.69. The standard InChI is InChI=1S/C19H20N2O5S/c22-18(23)14-21(16-6-2-1-3-7-16)19(24)15-8-10-17(11-9-15)27(25,26)20-12-4-5-13-20/h1-3,6-11H,4-5,12-14H2,(H,22,23). The van der Waals surface area contributed by atoms with E-state index in [1.165, 1.54) is 28.6 Å². The molecule has 0 radical (unpaired) electrons. The van der Waals surface area contributed by atoms with Gasteiger partial charge in [-0.3, -0.25) is 14.5 Å². The zero-order valence-corrected chi connectivity index (χ0v) is 15.4. The highest BCUT2D eigenvalue weighted by Gasteiger charge is 2.27. The Hall–Kier alpha value is -2.71. The molecule has 0 spiro atoms. The fourth-order valence-electron chi connectivity index (χ4n) is 3.03. The molecule has 1 aliphatic rings. The van der Waals surface area contributed by atoms with Gasteiger partial charge in [0, 0.05) is 24.3 Å². The van der Waals surface area contributed by atoms with Crippen molar-refractivity contribution in [2.24, 2.45) is 0 Å². The van der Waals surface area contributed by atoms with Crippen molar-refractivity contribution in [3.63, 3.8) is 0 Å². The van der Waals surface area contributed by atoms with E-state index in [2.05, 4.69) is 0 Å². The van der Waals surface area contributed by atoms with E-state index in [1.54, 1.807) is 30.3 Å². The first-order chi connectivity index (χ1) is 12.9. The molecule has 1 amide bonds. The average Bonchev–Trinajstić information content (AvgIpc) is 3.22. The van der Waals surface area contributed by atoms with Crippen molar-refractivity contribution in [3.05, 3.63) is 60.2 Å². The van der Waals surface area contributed by atoms with Gasteiger partial charge in [-0.05, 0) is 49.2 Å². The normalized spacial score (nSPS) is 14.8. The molecule has 142 valence electrons. The monoisotopic (exact) mass is 388 g/mol. The quantitative estimate of drug-likeness (QED) is 0.819. The van der Waals surface area contributed by atoms with Gasteiger partial charge in [0.05, 0.1) is 4.90 Å². The largest absolute Gasteiger partial charge is 0.480 e. The van der Waals surface area contributed by atoms with Gasteiger partial charge in [-0.25, -0.2) is 8.42 Å². The molecule has 1 N–H and O–H groups in total. The molecule has 0 aliphatic carbocycles. The molecule has 0 aromatic heterocycles. The van der Waals surface area contributed by atoms with E-state index < -0.39 is 28.4 Å². The number of anilines is 1. The molecule has 0 saturated carbocycles. The maximum Gasteiger partial charge on any atom is 0.323 e. The molecule has 0 bridgehead atoms. The maximum atomic E-state index is 12.8. The molecule has 0 unspecified atom stereocenters. The Morgan fingerprint density at radius 2 is 1.56 bits per heavy atom. The first-order valence-electron chi connectivity index (χ1n) is 8.58. The molecular weight excluding hydrogens is 368 g/mol. The van der Waals surface area contributed by atoms with Gasteiger partial charge in [-0.2, -0.15) is 4.31 Å². The predicted molar refractivity (Wildman–Crippen MR) is 100 cm³/mol. The first kappa shape index (κ1) is 19.1. The van der Waals surface area contributed by atoms with Crippen LogP contribution < -0.4 is 4.90 Å². The van der Waals surface area contributed by atoms with Crippen LogP contribution in [-0.2, 0) is 14.8 Å². The average molecular weight is 388 g/mol. The summed E-state index contributed by atoms with van der Waals surface area (Å²) in [6.45, 7) is 0.517. The molecule has 1 saturated heterocycles. The predicted octanol–water partition coefficient (Wildman–Crippen LogP) is 2.20. The van der Waals surface area contributed by atoms with Crippen LogP contribution >= 0.6 is 0 Å². The first-order valence-corrected chi connectivity index (χ1v) is 10.0. The second kappa shape index (κ2) is 7.89. The van der Waals surface area contributed by atoms with Gasteiger partial charge >= 0.3 is 5.97 Å². The molecule has 1 aliphatic heterocycles. The van der Waals surface area contributed by atoms with Gasteiger partial charge in [0.25, 0.3) is 5.91 Å². The van der Waals surface area contributed by atoms with E-state index in [-0.39, 0.29) is 10.5 Å². The van der Waals surface area contributed by atoms with Crippen molar-refractivity contribution in [2.75, 3.05) is 24.5 Å². The molecule has 2 aromatic rings. The second-order valence-corrected chi connectivity index (χ2v) is 8.19. The van der Waals surface area contributed by atoms with Crippen molar-refractivity contribution < 1.29 is 23.1 Å². The fraction of sp³-hybridized carbons (Fsp3) is 0.263. The minimum atomic E-state index is -3.56. The summed E-state index contributed by atoms with van der Waals surface area (Å²) in [5.74, 6) is -1.64. The summed E-state index contributed by atoms with van der Waals surface area (Å²) in [5, 5.41) is 9.13. The van der Waals surface area contributed by atoms with Crippen LogP contribution in [0.15, 0.2) is 59.5 Å². The number of rotatable bonds is 6. The van der Waals surface area contributed by atoms with Crippen LogP contribution in [0.1, 0.15) is 23.2 Å². The number of nitrogens with zero attached hydrogens (tertiary/aromatic N) is 2. The Bertz CT molecular complexity index is 920. The van der Waals surface area contributed by atoms with Gasteiger partial charge < -0.3 is 5.11 Å². The number of para-hydroxylation sites is 1. The minimum Gasteiger partial charge on any atom is -0.480 e. The minimum absolute atomic E-state index is 0.130. The summed E-state index contributed by atoms with van der Waals surface area (Å²) in [4.78, 5) is 25.2. The van der Waals surface area contributed by atoms with Gasteiger partial charge in [0.1, 0.15) is 6.54 Å². The third kappa shape index (κ3) is 4.17. The number of benzene rings is 2. The van der Waals surface area contributed by atoms with Crippen LogP contribution in [0, 0.1) is 0 Å². The van der Waals surface area contributed by atoms with Crippen LogP contribution in [0.25, 0.3) is 0 Å². The molecule has 7 nitrogen and oxygen atoms in total. The fourth-order valence-corrected chi connectivity index (χ4v) is 4.54. The van der Waals surface area contributed by atoms with Gasteiger partial charge in [0.15, 0.2) is 0 Å². The lowest BCUT2D eigenvalue weighted by Crippen LogP contribution is -2.35. The topological polar surface area (TPSA) is 95.0 Å². The molecule has 2 aromatic carbocycles. The lowest BCUT2D eigenvalue weighted by molar-refractivity contribution is -0.135. The Morgan fingerprint density at radius 1 is 0.963 bits per heavy atom. The number of carbonyl (C=O) groups is 2. The third-order valence-electron chi connectivity index (χ3n) is 4.41. The molecule has 3 rings (SSSR count). The van der Waals surface area contributed by atoms with Gasteiger partial charge in [-0.1, -0.05) is 18.2 Å². The highest BCUT2D eigenvalue weighted by Crippen LogP contribution is 2.22. The van der Waals surface area contributed by atoms with Gasteiger partial charge in [-0.15, -0.1) is 0 Å². The second-order valence-electron chi connectivity index (χ2n) is 6.26. The number of amides is 1. The summed E-state index contributed by atoms with van der Waals surface area (Å²) in [7, 11) is -3.56. The van der Waals surface area contributed by atoms with E-state index in [9.17, 15) is 18.0 Å². The number of carbonyl (C=O) groups excluding carboxylic acids is 1. The Labute approximate surface area is 157 Å². The third-order valence-corrected chi connectivity index (χ3v) is 6.32. The van der Waals surface area contributed by atoms with Gasteiger partial charge in [0.2, 0.25) is 10.0 Å². The van der Waals surface area contributed by atoms with E-state index >= 15 is 0 Å². The number of hydrogen-bond acceptors (Lipinski definition) is 4. The van der Waals surface area contributed by atoms with Crippen LogP contribution in [0.3, 0.4) is 0 Å². The van der Waals surface area contributed by atoms with Crippen LogP contribution in [0.2, 0.25) is 0 Å². The molecule has 1 fully saturated rings. The van der Waals surface area contributed by atoms with E-state index in [4.69, 9.17) is 5.11 Å². The number of carboxylic acid groups (broad SMARTS) is 1. The highest BCUT2D eigenvalue weighted by atomic mass is 32.2. The summed E-state index contributed by atoms with van der Waals surface area (Å²) >= 11 is 0. The molecule has 0 atom stereocenters. The number of sulfonamides is 1. The summed E-state index contributed by atoms with van der Waals surface area (Å²) < 4.78 is 26.6. The van der Waals surface area contributed by atoms with E-state index in [0.717, 1.165) is 17.7 Å². The molecule has 8 heteroatoms. The Morgan fingerprint density at radius 3 is 2.11 bits per heavy atom. The van der Waals surface area contributed by atoms with Crippen LogP contribution in [0.5, 0.6) is 0 Å². The smallest absolute Gasteiger partial charge is 0.323 e. The number of carboxylic acids is 1. The van der Waals surface area contributed by atoms with Crippen molar-refractivity contribution in [3.8, 4) is 0 Å². The lowest BCUT2D eigenvalue weighted by Gasteiger charge is -2.21. The zero-order chi connectivity index (χ0) is 19.4. The Kier molecular flexibility index (Phi) is 5.57. The Balaban J connectivity index is 1.86. The molecule has 27 heavy (non-hydrogen) atoms. The number of aliphatic carboxylic acids is 1. The maximum absolute atomic E-state index is 12.8. The summed E-state index contributed by atoms with van der Waals surface area (Å²) in [6, 6.07) is 14.1. The van der Waals surface area contributed by atoms with Crippen molar-refractivity contribution in [1.29, 1.82) is 0 Å². The van der Waals surface area contributed by atoms with Crippen LogP contribution in [-0.4, -0.2) is 49.3 Å². The highest BCUT2D eigenvalue weighted by molar-refractivity contribution is 7.89. The van der Waals surface area contributed by atoms with E-state index in [0.29, 0.717) is 18.8 Å². The molecular formula is C19H20N2O5S. The van der Waals surface area contributed by atoms with Crippen molar-refractivity contribution >= 4 is 27.6 Å². The lowest BCUT2D eigenvalue weighted by atomic mass is 10.2. The van der Waals surface area contributed by atoms with Crippen LogP contribution in [0.4, 0.5) is 5.69 Å². The van der Waals surface area contributed by atoms with Crippen molar-refractivity contribution in [2.45, 2.75) is 17.7 Å². The van der Waals surface area contributed by atoms with E-state index in [1.807, 2.05) is 0 Å². The molecule has 1 heterocycles. The van der Waals surface area contributed by atoms with Crippen molar-refractivity contribution in [1.82, 2.24) is 4.31 Å².